The molecule has 5 heavy (non-hydrogen) atoms. The molecule has 0 aromatic carbocycles. The van der Waals surface area contributed by atoms with Crippen LogP contribution in [0.2, 0.25) is 0 Å². The monoisotopic (exact) mass is 364 g/mol. The largest absolute Gasteiger partial charge is 0 e. The molecule has 0 aliphatic heterocycles. The van der Waals surface area contributed by atoms with Gasteiger partial charge in [0.05, 0.1) is 0 Å². The maximum absolute atomic E-state index is 7.57. The Morgan fingerprint density at radius 1 is 1.60 bits per heavy atom. The summed E-state index contributed by atoms with van der Waals surface area (Å²) < 4.78 is 0. The van der Waals surface area contributed by atoms with Crippen LogP contribution in [0, 0.1) is 0 Å². The van der Waals surface area contributed by atoms with E-state index >= 15 is 0 Å². The standard InChI is InChI=1S/C2H6O.Cs.W.H/c1-2-3;;;/h3H,2H2,1H3;;;. The van der Waals surface area contributed by atoms with Crippen molar-refractivity contribution in [3.63, 3.8) is 0 Å². The topological polar surface area (TPSA) is 20.2 Å². The Morgan fingerprint density at radius 2 is 1.60 bits per heavy atom. The molecule has 0 saturated heterocycles. The normalized spacial score (nSPS) is 3.60. The van der Waals surface area contributed by atoms with Crippen LogP contribution in [0.15, 0.2) is 0 Å². The van der Waals surface area contributed by atoms with Gasteiger partial charge in [-0.2, -0.15) is 0 Å². The Labute approximate surface area is 106 Å². The molecule has 0 bridgehead atoms. The summed E-state index contributed by atoms with van der Waals surface area (Å²) in [5.41, 5.74) is 0. The Morgan fingerprint density at radius 3 is 1.60 bits per heavy atom. The molecule has 3 heteroatoms. The van der Waals surface area contributed by atoms with Crippen molar-refractivity contribution >= 4 is 68.9 Å². The van der Waals surface area contributed by atoms with Crippen LogP contribution in [-0.2, 0) is 21.1 Å². The predicted octanol–water partition coefficient (Wildman–Crippen LogP) is -0.652. The van der Waals surface area contributed by atoms with E-state index in [9.17, 15) is 0 Å². The van der Waals surface area contributed by atoms with E-state index in [1.54, 1.807) is 6.92 Å². The van der Waals surface area contributed by atoms with E-state index in [1.807, 2.05) is 0 Å². The van der Waals surface area contributed by atoms with Gasteiger partial charge in [0, 0.05) is 27.7 Å². The summed E-state index contributed by atoms with van der Waals surface area (Å²) in [6, 6.07) is 0. The van der Waals surface area contributed by atoms with E-state index < -0.39 is 0 Å². The molecule has 0 aromatic rings. The molecule has 1 N–H and O–H groups in total. The van der Waals surface area contributed by atoms with Crippen molar-refractivity contribution in [2.24, 2.45) is 0 Å². The van der Waals surface area contributed by atoms with Crippen LogP contribution in [0.5, 0.6) is 0 Å². The van der Waals surface area contributed by atoms with Crippen LogP contribution in [0.25, 0.3) is 0 Å². The zero-order chi connectivity index (χ0) is 2.71. The van der Waals surface area contributed by atoms with Crippen LogP contribution in [0.1, 0.15) is 6.92 Å². The molecule has 0 radical (unpaired) electrons. The van der Waals surface area contributed by atoms with Gasteiger partial charge < -0.3 is 5.11 Å². The molecule has 0 fully saturated rings. The zero-order valence-corrected chi connectivity index (χ0v) is 5.50. The van der Waals surface area contributed by atoms with Crippen molar-refractivity contribution in [1.29, 1.82) is 0 Å². The minimum Gasteiger partial charge on any atom is 0 e. The smallest absolute Gasteiger partial charge is 0 e. The molecule has 0 aliphatic carbocycles. The van der Waals surface area contributed by atoms with Gasteiger partial charge in [0.15, 0.2) is 0 Å². The van der Waals surface area contributed by atoms with Gasteiger partial charge in [-0.1, -0.05) is 0 Å². The van der Waals surface area contributed by atoms with Gasteiger partial charge in [-0.15, -0.1) is 0 Å². The van der Waals surface area contributed by atoms with E-state index in [0.717, 1.165) is 0 Å². The first-order chi connectivity index (χ1) is 1.41. The quantitative estimate of drug-likeness (QED) is 0.606. The van der Waals surface area contributed by atoms with Gasteiger partial charge in [-0.3, -0.25) is 0 Å². The van der Waals surface area contributed by atoms with Gasteiger partial charge in [0.25, 0.3) is 0 Å². The van der Waals surface area contributed by atoms with Gasteiger partial charge in [-0.25, -0.2) is 0 Å². The first-order valence-electron chi connectivity index (χ1n) is 1.02. The van der Waals surface area contributed by atoms with E-state index in [4.69, 9.17) is 5.11 Å². The van der Waals surface area contributed by atoms with E-state index in [1.165, 1.54) is 0 Å². The summed E-state index contributed by atoms with van der Waals surface area (Å²) in [6.07, 6.45) is 0. The van der Waals surface area contributed by atoms with Crippen LogP contribution in [-0.4, -0.2) is 80.6 Å². The number of aliphatic hydroxyl groups excluding tert-OH is 1. The van der Waals surface area contributed by atoms with Crippen LogP contribution < -0.4 is 0 Å². The molecular formula is C2H7CsOW. The summed E-state index contributed by atoms with van der Waals surface area (Å²) in [5, 5.41) is 7.57. The van der Waals surface area contributed by atoms with Crippen molar-refractivity contribution in [3.8, 4) is 0 Å². The van der Waals surface area contributed by atoms with Crippen molar-refractivity contribution in [3.05, 3.63) is 0 Å². The average molecular weight is 364 g/mol. The van der Waals surface area contributed by atoms with Crippen molar-refractivity contribution < 1.29 is 26.2 Å². The van der Waals surface area contributed by atoms with Crippen LogP contribution in [0.4, 0.5) is 0 Å². The van der Waals surface area contributed by atoms with E-state index in [-0.39, 0.29) is 96.6 Å². The summed E-state index contributed by atoms with van der Waals surface area (Å²) >= 11 is 0. The molecule has 0 heterocycles. The number of rotatable bonds is 0. The van der Waals surface area contributed by atoms with Gasteiger partial charge in [-0.05, 0) is 6.92 Å². The van der Waals surface area contributed by atoms with Gasteiger partial charge in [0.1, 0.15) is 0 Å². The third-order valence-corrected chi connectivity index (χ3v) is 0. The second-order valence-electron chi connectivity index (χ2n) is 0.316. The zero-order valence-electron chi connectivity index (χ0n) is 2.56. The number of aliphatic hydroxyl groups is 1. The molecular weight excluding hydrogens is 357 g/mol. The molecule has 0 amide bonds. The second-order valence-corrected chi connectivity index (χ2v) is 0.316. The summed E-state index contributed by atoms with van der Waals surface area (Å²) in [6.45, 7) is 1.93. The molecule has 0 unspecified atom stereocenters. The molecule has 0 spiro atoms. The minimum absolute atomic E-state index is 0. The predicted molar refractivity (Wildman–Crippen MR) is 19.9 cm³/mol. The molecule has 28 valence electrons. The molecule has 0 aliphatic rings. The molecule has 1 nitrogen and oxygen atoms in total. The van der Waals surface area contributed by atoms with Gasteiger partial charge in [0.2, 0.25) is 0 Å². The maximum atomic E-state index is 7.57. The Kier molecular flexibility index (Phi) is 49.8. The van der Waals surface area contributed by atoms with Crippen LogP contribution >= 0.6 is 0 Å². The van der Waals surface area contributed by atoms with E-state index in [2.05, 4.69) is 0 Å². The third kappa shape index (κ3) is 20.3. The van der Waals surface area contributed by atoms with Crippen molar-refractivity contribution in [2.75, 3.05) is 6.61 Å². The Bertz CT molecular complexity index is 9.61. The maximum Gasteiger partial charge on any atom is 0 e. The Hall–Kier alpha value is 2.70. The summed E-state index contributed by atoms with van der Waals surface area (Å²) in [4.78, 5) is 0. The Balaban J connectivity index is -0.0000000200. The van der Waals surface area contributed by atoms with Crippen molar-refractivity contribution in [1.82, 2.24) is 0 Å². The fourth-order valence-corrected chi connectivity index (χ4v) is 0. The first-order valence-corrected chi connectivity index (χ1v) is 1.02. The number of hydrogen-bond acceptors (Lipinski definition) is 1. The fraction of sp³-hybridized carbons (Fsp3) is 1.00. The summed E-state index contributed by atoms with van der Waals surface area (Å²) in [7, 11) is 0. The second kappa shape index (κ2) is 15.9. The first kappa shape index (κ1) is 15.6. The number of hydrogen-bond donors (Lipinski definition) is 1. The molecule has 0 saturated carbocycles. The van der Waals surface area contributed by atoms with E-state index in [0.29, 0.717) is 0 Å². The minimum atomic E-state index is 0. The SMILES string of the molecule is CCO.[CsH].[W]. The fourth-order valence-electron chi connectivity index (χ4n) is 0. The average Bonchev–Trinajstić information content (AvgIpc) is 0.918. The molecule has 0 rings (SSSR count). The van der Waals surface area contributed by atoms with Gasteiger partial charge >= 0.3 is 68.9 Å². The third-order valence-electron chi connectivity index (χ3n) is 0. The molecule has 0 aromatic heterocycles. The van der Waals surface area contributed by atoms with Crippen LogP contribution in [0.3, 0.4) is 0 Å². The summed E-state index contributed by atoms with van der Waals surface area (Å²) in [5.74, 6) is 0. The molecule has 0 atom stereocenters. The van der Waals surface area contributed by atoms with Crippen molar-refractivity contribution in [2.45, 2.75) is 6.92 Å².